The fourth-order valence-electron chi connectivity index (χ4n) is 6.28. The topological polar surface area (TPSA) is 64.9 Å². The predicted octanol–water partition coefficient (Wildman–Crippen LogP) is 5.41. The van der Waals surface area contributed by atoms with Crippen LogP contribution in [-0.2, 0) is 36.9 Å². The lowest BCUT2D eigenvalue weighted by atomic mass is 9.88. The van der Waals surface area contributed by atoms with Crippen LogP contribution in [0.15, 0.2) is 59.9 Å². The summed E-state index contributed by atoms with van der Waals surface area (Å²) in [7, 11) is 0. The van der Waals surface area contributed by atoms with Gasteiger partial charge in [-0.15, -0.1) is 0 Å². The smallest absolute Gasteiger partial charge is 0.335 e. The van der Waals surface area contributed by atoms with Crippen molar-refractivity contribution in [2.75, 3.05) is 39.3 Å². The normalized spacial score (nSPS) is 18.5. The number of hydrogen-bond acceptors (Lipinski definition) is 6. The molecule has 6 rings (SSSR count). The Labute approximate surface area is 250 Å². The zero-order valence-corrected chi connectivity index (χ0v) is 24.5. The summed E-state index contributed by atoms with van der Waals surface area (Å²) >= 11 is 0. The van der Waals surface area contributed by atoms with Gasteiger partial charge in [0.2, 0.25) is 0 Å². The van der Waals surface area contributed by atoms with E-state index in [1.54, 1.807) is 0 Å². The number of aliphatic imine (C=N–C) groups is 1. The van der Waals surface area contributed by atoms with Crippen molar-refractivity contribution in [2.24, 2.45) is 4.99 Å². The lowest BCUT2D eigenvalue weighted by Crippen LogP contribution is -2.50. The van der Waals surface area contributed by atoms with Gasteiger partial charge < -0.3 is 4.90 Å². The van der Waals surface area contributed by atoms with Crippen LogP contribution in [0.2, 0.25) is 0 Å². The summed E-state index contributed by atoms with van der Waals surface area (Å²) in [6.07, 6.45) is 3.15. The van der Waals surface area contributed by atoms with E-state index in [2.05, 4.69) is 44.9 Å². The average Bonchev–Trinajstić information content (AvgIpc) is 3.45. The van der Waals surface area contributed by atoms with Gasteiger partial charge in [0.15, 0.2) is 0 Å². The number of piperazine rings is 1. The highest BCUT2D eigenvalue weighted by atomic mass is 19.4. The summed E-state index contributed by atoms with van der Waals surface area (Å²) in [5, 5.41) is 0. The zero-order chi connectivity index (χ0) is 30.0. The van der Waals surface area contributed by atoms with E-state index in [1.165, 1.54) is 17.7 Å². The van der Waals surface area contributed by atoms with Crippen LogP contribution in [-0.4, -0.2) is 75.6 Å². The van der Waals surface area contributed by atoms with Crippen LogP contribution < -0.4 is 0 Å². The molecule has 1 aromatic heterocycles. The molecule has 2 fully saturated rings. The molecule has 0 N–H and O–H groups in total. The van der Waals surface area contributed by atoms with Crippen molar-refractivity contribution in [2.45, 2.75) is 57.8 Å². The minimum Gasteiger partial charge on any atom is -0.335 e. The number of carbonyl (C=O) groups is 1. The second-order valence-corrected chi connectivity index (χ2v) is 11.8. The summed E-state index contributed by atoms with van der Waals surface area (Å²) in [6.45, 7) is 8.06. The van der Waals surface area contributed by atoms with Crippen molar-refractivity contribution >= 4 is 17.3 Å². The molecule has 0 spiro atoms. The highest BCUT2D eigenvalue weighted by molar-refractivity contribution is 6.40. The number of halogens is 3. The molecule has 0 bridgehead atoms. The van der Waals surface area contributed by atoms with Crippen LogP contribution in [0, 0.1) is 0 Å². The first-order valence-corrected chi connectivity index (χ1v) is 15.2. The number of likely N-dealkylation sites (tertiary alicyclic amines) is 1. The Kier molecular flexibility index (Phi) is 8.59. The van der Waals surface area contributed by atoms with E-state index in [4.69, 9.17) is 4.99 Å². The largest absolute Gasteiger partial charge is 0.416 e. The highest BCUT2D eigenvalue weighted by Crippen LogP contribution is 2.35. The van der Waals surface area contributed by atoms with Gasteiger partial charge in [0, 0.05) is 70.1 Å². The minimum atomic E-state index is -4.33. The van der Waals surface area contributed by atoms with E-state index in [0.29, 0.717) is 50.8 Å². The van der Waals surface area contributed by atoms with Gasteiger partial charge in [-0.2, -0.15) is 13.2 Å². The Morgan fingerprint density at radius 2 is 1.51 bits per heavy atom. The summed E-state index contributed by atoms with van der Waals surface area (Å²) in [4.78, 5) is 33.4. The van der Waals surface area contributed by atoms with Gasteiger partial charge in [0.1, 0.15) is 11.5 Å². The van der Waals surface area contributed by atoms with Gasteiger partial charge in [-0.25, -0.2) is 15.0 Å². The number of piperidine rings is 1. The fraction of sp³-hybridized carbons (Fsp3) is 0.455. The molecule has 43 heavy (non-hydrogen) atoms. The van der Waals surface area contributed by atoms with E-state index in [1.807, 2.05) is 17.3 Å². The second kappa shape index (κ2) is 12.5. The molecule has 7 nitrogen and oxygen atoms in total. The van der Waals surface area contributed by atoms with Gasteiger partial charge in [-0.3, -0.25) is 14.6 Å². The van der Waals surface area contributed by atoms with Crippen LogP contribution >= 0.6 is 0 Å². The first-order chi connectivity index (χ1) is 20.7. The number of aryl methyl sites for hydroxylation is 1. The monoisotopic (exact) mass is 590 g/mol. The minimum absolute atomic E-state index is 0.0174. The Balaban J connectivity index is 0.973. The fourth-order valence-corrected chi connectivity index (χ4v) is 6.28. The molecule has 1 amide bonds. The van der Waals surface area contributed by atoms with Gasteiger partial charge in [0.25, 0.3) is 5.91 Å². The molecule has 4 heterocycles. The van der Waals surface area contributed by atoms with Crippen molar-refractivity contribution in [3.05, 3.63) is 88.5 Å². The number of aromatic nitrogens is 2. The van der Waals surface area contributed by atoms with Crippen molar-refractivity contribution in [3.8, 4) is 0 Å². The van der Waals surface area contributed by atoms with E-state index in [9.17, 15) is 18.0 Å². The maximum Gasteiger partial charge on any atom is 0.416 e. The molecule has 0 atom stereocenters. The van der Waals surface area contributed by atoms with Crippen molar-refractivity contribution < 1.29 is 18.0 Å². The first kappa shape index (κ1) is 29.4. The molecule has 226 valence electrons. The number of alkyl halides is 3. The van der Waals surface area contributed by atoms with Gasteiger partial charge in [-0.1, -0.05) is 31.2 Å². The lowest BCUT2D eigenvalue weighted by molar-refractivity contribution is -0.137. The van der Waals surface area contributed by atoms with Crippen LogP contribution in [0.5, 0.6) is 0 Å². The summed E-state index contributed by atoms with van der Waals surface area (Å²) < 4.78 is 38.5. The van der Waals surface area contributed by atoms with Crippen LogP contribution in [0.1, 0.15) is 59.3 Å². The molecule has 0 radical (unpaired) electrons. The number of fused-ring (bicyclic) bond motifs is 1. The van der Waals surface area contributed by atoms with Crippen LogP contribution in [0.25, 0.3) is 0 Å². The molecular weight excluding hydrogens is 553 g/mol. The van der Waals surface area contributed by atoms with Gasteiger partial charge in [0.05, 0.1) is 11.3 Å². The molecule has 2 aromatic carbocycles. The number of hydrogen-bond donors (Lipinski definition) is 0. The molecule has 0 saturated carbocycles. The van der Waals surface area contributed by atoms with Crippen molar-refractivity contribution in [3.63, 3.8) is 0 Å². The third kappa shape index (κ3) is 6.96. The standard InChI is InChI=1S/C33H37F3N6O/c1-2-31-37-19-24(20-38-31)22-40-11-9-25(10-12-40)26-5-8-29-27(17-26)18-30(39-29)32(43)42-15-13-41(14-16-42)21-23-3-6-28(7-4-23)33(34,35)36/h3-8,17,19-20,25H,2,9-16,18,21-22H2,1H3. The molecule has 10 heteroatoms. The highest BCUT2D eigenvalue weighted by Gasteiger charge is 2.31. The molecule has 3 aromatic rings. The summed E-state index contributed by atoms with van der Waals surface area (Å²) in [5.74, 6) is 1.36. The molecule has 3 aliphatic rings. The van der Waals surface area contributed by atoms with Crippen LogP contribution in [0.4, 0.5) is 18.9 Å². The Morgan fingerprint density at radius 3 is 2.16 bits per heavy atom. The number of benzene rings is 2. The lowest BCUT2D eigenvalue weighted by Gasteiger charge is -2.34. The Morgan fingerprint density at radius 1 is 0.860 bits per heavy atom. The van der Waals surface area contributed by atoms with Gasteiger partial charge in [-0.05, 0) is 66.7 Å². The number of rotatable bonds is 7. The molecular formula is C33H37F3N6O. The van der Waals surface area contributed by atoms with E-state index < -0.39 is 11.7 Å². The number of carbonyl (C=O) groups excluding carboxylic acids is 1. The Hall–Kier alpha value is -3.63. The molecule has 0 unspecified atom stereocenters. The van der Waals surface area contributed by atoms with Gasteiger partial charge >= 0.3 is 6.18 Å². The first-order valence-electron chi connectivity index (χ1n) is 15.2. The summed E-state index contributed by atoms with van der Waals surface area (Å²) in [5.41, 5.74) is 5.29. The van der Waals surface area contributed by atoms with Crippen LogP contribution in [0.3, 0.4) is 0 Å². The molecule has 3 aliphatic heterocycles. The maximum atomic E-state index is 13.3. The molecule has 0 aliphatic carbocycles. The summed E-state index contributed by atoms with van der Waals surface area (Å²) in [6, 6.07) is 11.8. The SMILES string of the molecule is CCc1ncc(CN2CCC(c3ccc4c(c3)CC(C(=O)N3CCN(Cc5ccc(C(F)(F)F)cc5)CC3)=N4)CC2)cn1. The number of nitrogens with zero attached hydrogens (tertiary/aromatic N) is 6. The quantitative estimate of drug-likeness (QED) is 0.368. The van der Waals surface area contributed by atoms with E-state index in [-0.39, 0.29) is 5.91 Å². The average molecular weight is 591 g/mol. The number of amides is 1. The molecule has 2 saturated heterocycles. The van der Waals surface area contributed by atoms with E-state index >= 15 is 0 Å². The third-order valence-electron chi connectivity index (χ3n) is 8.85. The van der Waals surface area contributed by atoms with Crippen molar-refractivity contribution in [1.82, 2.24) is 24.7 Å². The predicted molar refractivity (Wildman–Crippen MR) is 159 cm³/mol. The second-order valence-electron chi connectivity index (χ2n) is 11.8. The Bertz CT molecular complexity index is 1460. The van der Waals surface area contributed by atoms with Crippen molar-refractivity contribution in [1.29, 1.82) is 0 Å². The third-order valence-corrected chi connectivity index (χ3v) is 8.85. The zero-order valence-electron chi connectivity index (χ0n) is 24.5. The van der Waals surface area contributed by atoms with E-state index in [0.717, 1.165) is 79.2 Å². The maximum absolute atomic E-state index is 13.3.